The van der Waals surface area contributed by atoms with Crippen LogP contribution in [-0.2, 0) is 0 Å². The summed E-state index contributed by atoms with van der Waals surface area (Å²) in [5, 5.41) is 4.87. The van der Waals surface area contributed by atoms with Gasteiger partial charge in [-0.3, -0.25) is 0 Å². The molecule has 2 atom stereocenters. The number of nitrogens with one attached hydrogen (secondary N) is 1. The lowest BCUT2D eigenvalue weighted by atomic mass is 9.88. The van der Waals surface area contributed by atoms with Crippen molar-refractivity contribution in [2.45, 2.75) is 29.7 Å². The molecule has 5 rings (SSSR count). The van der Waals surface area contributed by atoms with Crippen molar-refractivity contribution in [1.82, 2.24) is 5.32 Å². The largest absolute Gasteiger partial charge is 0.367 e. The Hall–Kier alpha value is -0.870. The van der Waals surface area contributed by atoms with Gasteiger partial charge < -0.3 is 10.2 Å². The minimum Gasteiger partial charge on any atom is -0.367 e. The molecule has 0 amide bonds. The Labute approximate surface area is 162 Å². The maximum Gasteiger partial charge on any atom is 0.0670 e. The molecule has 0 bridgehead atoms. The van der Waals surface area contributed by atoms with E-state index in [0.29, 0.717) is 22.0 Å². The van der Waals surface area contributed by atoms with E-state index in [9.17, 15) is 0 Å². The van der Waals surface area contributed by atoms with Gasteiger partial charge in [-0.25, -0.2) is 0 Å². The highest BCUT2D eigenvalue weighted by molar-refractivity contribution is 7.99. The Kier molecular flexibility index (Phi) is 4.16. The molecular weight excluding hydrogens is 371 g/mol. The highest BCUT2D eigenvalue weighted by Crippen LogP contribution is 2.51. The van der Waals surface area contributed by atoms with Crippen molar-refractivity contribution in [3.05, 3.63) is 45.9 Å². The summed E-state index contributed by atoms with van der Waals surface area (Å²) in [7, 11) is 0. The first kappa shape index (κ1) is 16.3. The lowest BCUT2D eigenvalue weighted by Gasteiger charge is -2.33. The number of benzene rings is 2. The van der Waals surface area contributed by atoms with Crippen LogP contribution < -0.4 is 10.2 Å². The summed E-state index contributed by atoms with van der Waals surface area (Å²) in [5.74, 6) is 1.77. The van der Waals surface area contributed by atoms with Gasteiger partial charge in [0, 0.05) is 35.5 Å². The van der Waals surface area contributed by atoms with Gasteiger partial charge in [0.15, 0.2) is 0 Å². The van der Waals surface area contributed by atoms with Gasteiger partial charge in [-0.05, 0) is 54.5 Å². The fourth-order valence-electron chi connectivity index (χ4n) is 4.61. The molecule has 0 aromatic heterocycles. The second kappa shape index (κ2) is 6.38. The highest BCUT2D eigenvalue weighted by atomic mass is 35.5. The minimum absolute atomic E-state index is 0.583. The number of rotatable bonds is 1. The fourth-order valence-corrected chi connectivity index (χ4v) is 6.09. The van der Waals surface area contributed by atoms with Crippen molar-refractivity contribution in [3.8, 4) is 11.1 Å². The normalized spacial score (nSPS) is 24.6. The summed E-state index contributed by atoms with van der Waals surface area (Å²) in [5.41, 5.74) is 5.22. The molecule has 3 aliphatic heterocycles. The summed E-state index contributed by atoms with van der Waals surface area (Å²) in [6.07, 6.45) is 2.49. The molecule has 3 heterocycles. The molecule has 25 heavy (non-hydrogen) atoms. The van der Waals surface area contributed by atoms with E-state index in [1.165, 1.54) is 46.8 Å². The average molecular weight is 391 g/mol. The first-order valence-corrected chi connectivity index (χ1v) is 10.7. The van der Waals surface area contributed by atoms with Crippen molar-refractivity contribution in [2.24, 2.45) is 0 Å². The molecule has 0 aliphatic carbocycles. The monoisotopic (exact) mass is 390 g/mol. The first-order chi connectivity index (χ1) is 12.2. The third-order valence-corrected chi connectivity index (χ3v) is 7.63. The molecule has 130 valence electrons. The van der Waals surface area contributed by atoms with E-state index in [1.54, 1.807) is 0 Å². The van der Waals surface area contributed by atoms with E-state index < -0.39 is 0 Å². The number of nitrogens with zero attached hydrogens (tertiary/aromatic N) is 1. The van der Waals surface area contributed by atoms with Crippen LogP contribution in [0.25, 0.3) is 11.1 Å². The number of halogens is 2. The molecular formula is C20H20Cl2N2S. The predicted molar refractivity (Wildman–Crippen MR) is 109 cm³/mol. The Morgan fingerprint density at radius 1 is 1.20 bits per heavy atom. The van der Waals surface area contributed by atoms with Crippen molar-refractivity contribution >= 4 is 40.7 Å². The van der Waals surface area contributed by atoms with Crippen molar-refractivity contribution in [1.29, 1.82) is 0 Å². The van der Waals surface area contributed by atoms with Crippen LogP contribution in [0.3, 0.4) is 0 Å². The highest BCUT2D eigenvalue weighted by Gasteiger charge is 2.41. The molecule has 2 nitrogen and oxygen atoms in total. The Morgan fingerprint density at radius 3 is 3.04 bits per heavy atom. The summed E-state index contributed by atoms with van der Waals surface area (Å²) >= 11 is 14.8. The molecule has 2 aromatic rings. The van der Waals surface area contributed by atoms with Crippen molar-refractivity contribution in [2.75, 3.05) is 30.3 Å². The van der Waals surface area contributed by atoms with Crippen molar-refractivity contribution in [3.63, 3.8) is 0 Å². The number of anilines is 1. The van der Waals surface area contributed by atoms with Gasteiger partial charge in [-0.2, -0.15) is 0 Å². The van der Waals surface area contributed by atoms with Gasteiger partial charge in [0.25, 0.3) is 0 Å². The molecule has 5 heteroatoms. The Bertz CT molecular complexity index is 839. The smallest absolute Gasteiger partial charge is 0.0670 e. The van der Waals surface area contributed by atoms with E-state index in [0.717, 1.165) is 18.7 Å². The van der Waals surface area contributed by atoms with E-state index in [1.807, 2.05) is 23.9 Å². The van der Waals surface area contributed by atoms with Gasteiger partial charge >= 0.3 is 0 Å². The van der Waals surface area contributed by atoms with Crippen LogP contribution in [-0.4, -0.2) is 31.4 Å². The molecule has 0 spiro atoms. The van der Waals surface area contributed by atoms with Gasteiger partial charge in [-0.15, -0.1) is 11.8 Å². The van der Waals surface area contributed by atoms with Gasteiger partial charge in [0.2, 0.25) is 0 Å². The van der Waals surface area contributed by atoms with Crippen molar-refractivity contribution < 1.29 is 0 Å². The zero-order valence-electron chi connectivity index (χ0n) is 13.9. The predicted octanol–water partition coefficient (Wildman–Crippen LogP) is 5.42. The third kappa shape index (κ3) is 2.59. The van der Waals surface area contributed by atoms with E-state index in [-0.39, 0.29) is 0 Å². The van der Waals surface area contributed by atoms with Gasteiger partial charge in [-0.1, -0.05) is 35.3 Å². The molecule has 1 N–H and O–H groups in total. The lowest BCUT2D eigenvalue weighted by molar-refractivity contribution is 0.403. The fraction of sp³-hybridized carbons (Fsp3) is 0.400. The lowest BCUT2D eigenvalue weighted by Crippen LogP contribution is -2.44. The molecule has 0 radical (unpaired) electrons. The summed E-state index contributed by atoms with van der Waals surface area (Å²) < 4.78 is 0. The minimum atomic E-state index is 0.583. The SMILES string of the molecule is Clc1cccc(-c2cc3c4c(c2)[C@H]2CNCC[C@H]2N4CCCS3)c1Cl. The molecule has 1 saturated heterocycles. The standard InChI is InChI=1S/C20H20Cl2N2S/c21-16-4-1-3-13(19(16)22)12-9-14-15-11-23-6-5-17(15)24-7-2-8-25-18(10-12)20(14)24/h1,3-4,9-10,15,17,23H,2,5-8,11H2/t15-,17-/m1/s1. The van der Waals surface area contributed by atoms with E-state index in [4.69, 9.17) is 23.2 Å². The zero-order valence-corrected chi connectivity index (χ0v) is 16.2. The van der Waals surface area contributed by atoms with Gasteiger partial charge in [0.05, 0.1) is 15.7 Å². The second-order valence-corrected chi connectivity index (χ2v) is 9.00. The molecule has 2 aromatic carbocycles. The topological polar surface area (TPSA) is 15.3 Å². The zero-order chi connectivity index (χ0) is 17.0. The Balaban J connectivity index is 1.70. The number of piperidine rings is 1. The van der Waals surface area contributed by atoms with E-state index in [2.05, 4.69) is 28.4 Å². The van der Waals surface area contributed by atoms with Crippen LogP contribution in [0.2, 0.25) is 10.0 Å². The third-order valence-electron chi connectivity index (χ3n) is 5.70. The van der Waals surface area contributed by atoms with Crippen LogP contribution in [0.4, 0.5) is 5.69 Å². The van der Waals surface area contributed by atoms with Crippen LogP contribution in [0, 0.1) is 0 Å². The average Bonchev–Trinajstić information content (AvgIpc) is 2.79. The van der Waals surface area contributed by atoms with Crippen LogP contribution in [0.15, 0.2) is 35.2 Å². The number of fused-ring (bicyclic) bond motifs is 3. The summed E-state index contributed by atoms with van der Waals surface area (Å²) in [6, 6.07) is 11.3. The van der Waals surface area contributed by atoms with E-state index >= 15 is 0 Å². The number of thioether (sulfide) groups is 1. The molecule has 0 unspecified atom stereocenters. The molecule has 3 aliphatic rings. The second-order valence-electron chi connectivity index (χ2n) is 7.08. The Morgan fingerprint density at radius 2 is 2.12 bits per heavy atom. The first-order valence-electron chi connectivity index (χ1n) is 8.96. The maximum absolute atomic E-state index is 6.52. The van der Waals surface area contributed by atoms with Crippen LogP contribution in [0.5, 0.6) is 0 Å². The number of hydrogen-bond donors (Lipinski definition) is 1. The summed E-state index contributed by atoms with van der Waals surface area (Å²) in [4.78, 5) is 4.11. The van der Waals surface area contributed by atoms with Crippen LogP contribution in [0.1, 0.15) is 24.3 Å². The van der Waals surface area contributed by atoms with Crippen LogP contribution >= 0.6 is 35.0 Å². The maximum atomic E-state index is 6.52. The molecule has 1 fully saturated rings. The quantitative estimate of drug-likeness (QED) is 0.699. The molecule has 0 saturated carbocycles. The summed E-state index contributed by atoms with van der Waals surface area (Å²) in [6.45, 7) is 3.39. The number of hydrogen-bond acceptors (Lipinski definition) is 3. The van der Waals surface area contributed by atoms with Gasteiger partial charge in [0.1, 0.15) is 0 Å².